The SMILES string of the molecule is COc1ccc(C)cc1C(=O)OCC(=O)N1CCCC1c1ccc2c(c1)OCCO2. The summed E-state index contributed by atoms with van der Waals surface area (Å²) in [6.45, 7) is 3.25. The number of rotatable bonds is 5. The zero-order valence-electron chi connectivity index (χ0n) is 17.2. The van der Waals surface area contributed by atoms with Crippen LogP contribution in [0.15, 0.2) is 36.4 Å². The highest BCUT2D eigenvalue weighted by Crippen LogP contribution is 2.38. The Labute approximate surface area is 175 Å². The molecule has 4 rings (SSSR count). The highest BCUT2D eigenvalue weighted by atomic mass is 16.6. The molecule has 30 heavy (non-hydrogen) atoms. The summed E-state index contributed by atoms with van der Waals surface area (Å²) < 4.78 is 21.8. The van der Waals surface area contributed by atoms with E-state index >= 15 is 0 Å². The first kappa shape index (κ1) is 20.1. The van der Waals surface area contributed by atoms with Crippen LogP contribution in [0.4, 0.5) is 0 Å². The second-order valence-corrected chi connectivity index (χ2v) is 7.43. The molecule has 0 bridgehead atoms. The summed E-state index contributed by atoms with van der Waals surface area (Å²) >= 11 is 0. The summed E-state index contributed by atoms with van der Waals surface area (Å²) in [6.07, 6.45) is 1.75. The molecule has 0 radical (unpaired) electrons. The number of hydrogen-bond acceptors (Lipinski definition) is 6. The summed E-state index contributed by atoms with van der Waals surface area (Å²) in [4.78, 5) is 27.1. The van der Waals surface area contributed by atoms with Crippen LogP contribution < -0.4 is 14.2 Å². The maximum atomic E-state index is 12.8. The number of carbonyl (C=O) groups excluding carboxylic acids is 2. The maximum Gasteiger partial charge on any atom is 0.342 e. The minimum Gasteiger partial charge on any atom is -0.496 e. The van der Waals surface area contributed by atoms with Gasteiger partial charge in [-0.25, -0.2) is 4.79 Å². The van der Waals surface area contributed by atoms with Crippen LogP contribution in [-0.4, -0.2) is 50.3 Å². The van der Waals surface area contributed by atoms with Gasteiger partial charge in [0.15, 0.2) is 18.1 Å². The molecule has 2 aromatic rings. The molecule has 1 atom stereocenters. The van der Waals surface area contributed by atoms with Gasteiger partial charge in [-0.05, 0) is 49.6 Å². The molecule has 0 spiro atoms. The van der Waals surface area contributed by atoms with E-state index in [4.69, 9.17) is 18.9 Å². The van der Waals surface area contributed by atoms with Crippen molar-refractivity contribution in [3.63, 3.8) is 0 Å². The van der Waals surface area contributed by atoms with Crippen LogP contribution in [0.3, 0.4) is 0 Å². The first-order chi connectivity index (χ1) is 14.6. The van der Waals surface area contributed by atoms with Crippen LogP contribution in [0.25, 0.3) is 0 Å². The lowest BCUT2D eigenvalue weighted by atomic mass is 10.0. The highest BCUT2D eigenvalue weighted by Gasteiger charge is 2.31. The molecule has 2 heterocycles. The molecule has 7 nitrogen and oxygen atoms in total. The lowest BCUT2D eigenvalue weighted by Gasteiger charge is -2.26. The van der Waals surface area contributed by atoms with Gasteiger partial charge in [0.05, 0.1) is 13.2 Å². The first-order valence-corrected chi connectivity index (χ1v) is 10.1. The molecule has 2 aliphatic rings. The van der Waals surface area contributed by atoms with Gasteiger partial charge in [0.25, 0.3) is 5.91 Å². The van der Waals surface area contributed by atoms with Gasteiger partial charge in [-0.1, -0.05) is 17.7 Å². The van der Waals surface area contributed by atoms with E-state index in [2.05, 4.69) is 0 Å². The van der Waals surface area contributed by atoms with E-state index in [0.717, 1.165) is 29.7 Å². The van der Waals surface area contributed by atoms with E-state index in [0.29, 0.717) is 36.8 Å². The molecule has 0 saturated carbocycles. The molecular weight excluding hydrogens is 386 g/mol. The van der Waals surface area contributed by atoms with E-state index in [-0.39, 0.29) is 18.6 Å². The largest absolute Gasteiger partial charge is 0.496 e. The molecule has 0 N–H and O–H groups in total. The number of nitrogens with zero attached hydrogens (tertiary/aromatic N) is 1. The number of carbonyl (C=O) groups is 2. The number of fused-ring (bicyclic) bond motifs is 1. The monoisotopic (exact) mass is 411 g/mol. The molecule has 1 saturated heterocycles. The maximum absolute atomic E-state index is 12.8. The number of aryl methyl sites for hydroxylation is 1. The predicted molar refractivity (Wildman–Crippen MR) is 109 cm³/mol. The van der Waals surface area contributed by atoms with Gasteiger partial charge in [0.1, 0.15) is 24.5 Å². The van der Waals surface area contributed by atoms with Crippen molar-refractivity contribution in [2.45, 2.75) is 25.8 Å². The van der Waals surface area contributed by atoms with Crippen LogP contribution in [0.1, 0.15) is 40.4 Å². The van der Waals surface area contributed by atoms with Gasteiger partial charge in [-0.3, -0.25) is 4.79 Å². The quantitative estimate of drug-likeness (QED) is 0.703. The molecule has 2 aliphatic heterocycles. The summed E-state index contributed by atoms with van der Waals surface area (Å²) in [5, 5.41) is 0. The van der Waals surface area contributed by atoms with Crippen LogP contribution in [0.5, 0.6) is 17.2 Å². The van der Waals surface area contributed by atoms with Crippen molar-refractivity contribution in [3.05, 3.63) is 53.1 Å². The molecule has 1 unspecified atom stereocenters. The van der Waals surface area contributed by atoms with Gasteiger partial charge in [-0.2, -0.15) is 0 Å². The normalized spacial score (nSPS) is 17.5. The number of benzene rings is 2. The smallest absolute Gasteiger partial charge is 0.342 e. The number of likely N-dealkylation sites (tertiary alicyclic amines) is 1. The fourth-order valence-corrected chi connectivity index (χ4v) is 3.95. The predicted octanol–water partition coefficient (Wildman–Crippen LogP) is 3.30. The fourth-order valence-electron chi connectivity index (χ4n) is 3.95. The number of esters is 1. The highest BCUT2D eigenvalue weighted by molar-refractivity contribution is 5.94. The molecule has 158 valence electrons. The summed E-state index contributed by atoms with van der Waals surface area (Å²) in [5.74, 6) is 1.07. The third-order valence-corrected chi connectivity index (χ3v) is 5.43. The first-order valence-electron chi connectivity index (χ1n) is 10.1. The molecule has 1 fully saturated rings. The van der Waals surface area contributed by atoms with E-state index in [1.807, 2.05) is 31.2 Å². The Bertz CT molecular complexity index is 957. The second kappa shape index (κ2) is 8.65. The Hall–Kier alpha value is -3.22. The van der Waals surface area contributed by atoms with Gasteiger partial charge in [0, 0.05) is 6.54 Å². The van der Waals surface area contributed by atoms with E-state index in [9.17, 15) is 9.59 Å². The van der Waals surface area contributed by atoms with Crippen LogP contribution in [0.2, 0.25) is 0 Å². The average Bonchev–Trinajstić information content (AvgIpc) is 3.27. The summed E-state index contributed by atoms with van der Waals surface area (Å²) in [6, 6.07) is 11.0. The number of ether oxygens (including phenoxy) is 4. The van der Waals surface area contributed by atoms with Crippen molar-refractivity contribution in [1.29, 1.82) is 0 Å². The molecule has 2 aromatic carbocycles. The van der Waals surface area contributed by atoms with E-state index < -0.39 is 5.97 Å². The Kier molecular flexibility index (Phi) is 5.79. The van der Waals surface area contributed by atoms with Gasteiger partial charge in [-0.15, -0.1) is 0 Å². The second-order valence-electron chi connectivity index (χ2n) is 7.43. The van der Waals surface area contributed by atoms with E-state index in [1.54, 1.807) is 17.0 Å². The Morgan fingerprint density at radius 1 is 1.10 bits per heavy atom. The number of hydrogen-bond donors (Lipinski definition) is 0. The Balaban J connectivity index is 1.43. The topological polar surface area (TPSA) is 74.3 Å². The molecule has 7 heteroatoms. The van der Waals surface area contributed by atoms with Gasteiger partial charge >= 0.3 is 5.97 Å². The minimum atomic E-state index is -0.570. The van der Waals surface area contributed by atoms with Crippen molar-refractivity contribution in [1.82, 2.24) is 4.90 Å². The zero-order valence-corrected chi connectivity index (χ0v) is 17.2. The third-order valence-electron chi connectivity index (χ3n) is 5.43. The van der Waals surface area contributed by atoms with E-state index in [1.165, 1.54) is 7.11 Å². The van der Waals surface area contributed by atoms with Crippen molar-refractivity contribution >= 4 is 11.9 Å². The lowest BCUT2D eigenvalue weighted by Crippen LogP contribution is -2.34. The van der Waals surface area contributed by atoms with Gasteiger partial charge in [0.2, 0.25) is 0 Å². The minimum absolute atomic E-state index is 0.0689. The standard InChI is InChI=1S/C23H25NO6/c1-15-5-7-19(27-2)17(12-15)23(26)30-14-22(25)24-9-3-4-18(24)16-6-8-20-21(13-16)29-11-10-28-20/h5-8,12-13,18H,3-4,9-11,14H2,1-2H3. The van der Waals surface area contributed by atoms with Crippen molar-refractivity contribution < 1.29 is 28.5 Å². The average molecular weight is 411 g/mol. The van der Waals surface area contributed by atoms with Crippen LogP contribution >= 0.6 is 0 Å². The molecule has 0 aliphatic carbocycles. The van der Waals surface area contributed by atoms with Crippen molar-refractivity contribution in [3.8, 4) is 17.2 Å². The van der Waals surface area contributed by atoms with Crippen molar-refractivity contribution in [2.24, 2.45) is 0 Å². The Morgan fingerprint density at radius 3 is 2.70 bits per heavy atom. The Morgan fingerprint density at radius 2 is 1.90 bits per heavy atom. The summed E-state index contributed by atoms with van der Waals surface area (Å²) in [7, 11) is 1.49. The van der Waals surface area contributed by atoms with Crippen molar-refractivity contribution in [2.75, 3.05) is 33.5 Å². The number of amides is 1. The summed E-state index contributed by atoms with van der Waals surface area (Å²) in [5.41, 5.74) is 2.22. The number of methoxy groups -OCH3 is 1. The van der Waals surface area contributed by atoms with Crippen LogP contribution in [-0.2, 0) is 9.53 Å². The lowest BCUT2D eigenvalue weighted by molar-refractivity contribution is -0.135. The molecule has 0 aromatic heterocycles. The fraction of sp³-hybridized carbons (Fsp3) is 0.391. The third kappa shape index (κ3) is 4.06. The zero-order chi connectivity index (χ0) is 21.1. The molecular formula is C23H25NO6. The molecule has 1 amide bonds. The van der Waals surface area contributed by atoms with Crippen LogP contribution in [0, 0.1) is 6.92 Å². The van der Waals surface area contributed by atoms with Gasteiger partial charge < -0.3 is 23.8 Å².